The van der Waals surface area contributed by atoms with Crippen molar-refractivity contribution < 1.29 is 14.9 Å². The number of fused-ring (bicyclic) bond motifs is 3. The normalized spacial score (nSPS) is 11.7. The highest BCUT2D eigenvalue weighted by atomic mass is 16.5. The fraction of sp³-hybridized carbons (Fsp3) is 0.125. The molecule has 0 radical (unpaired) electrons. The minimum absolute atomic E-state index is 0.233. The molecule has 0 aliphatic carbocycles. The SMILES string of the molecule is Cc1cc(C#Cc2ccc(O)cc2)cc2c1-c1c(C)cc(C#Cc3ccc(O)cc3)cc1COC2. The maximum absolute atomic E-state index is 9.47. The number of hydrogen-bond acceptors (Lipinski definition) is 3. The summed E-state index contributed by atoms with van der Waals surface area (Å²) in [7, 11) is 0. The zero-order valence-corrected chi connectivity index (χ0v) is 19.6. The van der Waals surface area contributed by atoms with Gasteiger partial charge in [0.25, 0.3) is 0 Å². The van der Waals surface area contributed by atoms with E-state index in [0.29, 0.717) is 13.2 Å². The van der Waals surface area contributed by atoms with Gasteiger partial charge in [0.1, 0.15) is 11.5 Å². The molecule has 0 atom stereocenters. The van der Waals surface area contributed by atoms with Crippen molar-refractivity contribution in [3.05, 3.63) is 117 Å². The van der Waals surface area contributed by atoms with Gasteiger partial charge in [0.05, 0.1) is 13.2 Å². The monoisotopic (exact) mass is 456 g/mol. The average molecular weight is 457 g/mol. The summed E-state index contributed by atoms with van der Waals surface area (Å²) in [4.78, 5) is 0. The molecule has 4 aromatic rings. The molecule has 0 saturated carbocycles. The molecule has 5 rings (SSSR count). The van der Waals surface area contributed by atoms with Gasteiger partial charge < -0.3 is 14.9 Å². The van der Waals surface area contributed by atoms with Crippen LogP contribution in [0.2, 0.25) is 0 Å². The molecule has 0 unspecified atom stereocenters. The number of hydrogen-bond donors (Lipinski definition) is 2. The van der Waals surface area contributed by atoms with Gasteiger partial charge in [0.15, 0.2) is 0 Å². The summed E-state index contributed by atoms with van der Waals surface area (Å²) < 4.78 is 6.07. The van der Waals surface area contributed by atoms with Crippen LogP contribution in [0.5, 0.6) is 11.5 Å². The van der Waals surface area contributed by atoms with E-state index in [4.69, 9.17) is 4.74 Å². The van der Waals surface area contributed by atoms with Crippen molar-refractivity contribution in [2.75, 3.05) is 0 Å². The first-order valence-electron chi connectivity index (χ1n) is 11.4. The lowest BCUT2D eigenvalue weighted by Crippen LogP contribution is -1.97. The molecular weight excluding hydrogens is 432 g/mol. The van der Waals surface area contributed by atoms with Crippen LogP contribution in [0, 0.1) is 37.5 Å². The van der Waals surface area contributed by atoms with E-state index in [9.17, 15) is 10.2 Å². The number of ether oxygens (including phenoxy) is 1. The first-order chi connectivity index (χ1) is 17.0. The Morgan fingerprint density at radius 3 is 1.31 bits per heavy atom. The molecule has 1 heterocycles. The molecule has 0 bridgehead atoms. The van der Waals surface area contributed by atoms with Gasteiger partial charge in [-0.3, -0.25) is 0 Å². The first kappa shape index (κ1) is 22.4. The summed E-state index contributed by atoms with van der Waals surface area (Å²) >= 11 is 0. The molecule has 1 aliphatic rings. The van der Waals surface area contributed by atoms with Gasteiger partial charge >= 0.3 is 0 Å². The van der Waals surface area contributed by atoms with Gasteiger partial charge in [0, 0.05) is 22.3 Å². The van der Waals surface area contributed by atoms with Crippen molar-refractivity contribution in [2.45, 2.75) is 27.1 Å². The van der Waals surface area contributed by atoms with Crippen molar-refractivity contribution in [3.8, 4) is 46.3 Å². The number of rotatable bonds is 0. The van der Waals surface area contributed by atoms with E-state index >= 15 is 0 Å². The second-order valence-electron chi connectivity index (χ2n) is 8.74. The van der Waals surface area contributed by atoms with E-state index in [2.05, 4.69) is 61.8 Å². The predicted molar refractivity (Wildman–Crippen MR) is 138 cm³/mol. The van der Waals surface area contributed by atoms with Crippen molar-refractivity contribution in [3.63, 3.8) is 0 Å². The van der Waals surface area contributed by atoms with Crippen LogP contribution < -0.4 is 0 Å². The summed E-state index contributed by atoms with van der Waals surface area (Å²) in [6.07, 6.45) is 0. The van der Waals surface area contributed by atoms with E-state index in [1.54, 1.807) is 24.3 Å². The largest absolute Gasteiger partial charge is 0.508 e. The molecule has 0 saturated heterocycles. The maximum atomic E-state index is 9.47. The van der Waals surface area contributed by atoms with Gasteiger partial charge in [-0.05, 0) is 120 Å². The van der Waals surface area contributed by atoms with E-state index in [0.717, 1.165) is 44.5 Å². The van der Waals surface area contributed by atoms with Gasteiger partial charge in [-0.1, -0.05) is 23.7 Å². The molecule has 1 aliphatic heterocycles. The Kier molecular flexibility index (Phi) is 6.02. The molecule has 3 heteroatoms. The van der Waals surface area contributed by atoms with Crippen molar-refractivity contribution in [1.29, 1.82) is 0 Å². The second-order valence-corrected chi connectivity index (χ2v) is 8.74. The minimum Gasteiger partial charge on any atom is -0.508 e. The molecule has 0 fully saturated rings. The topological polar surface area (TPSA) is 49.7 Å². The van der Waals surface area contributed by atoms with Crippen LogP contribution in [0.25, 0.3) is 11.1 Å². The van der Waals surface area contributed by atoms with E-state index in [1.807, 2.05) is 24.3 Å². The van der Waals surface area contributed by atoms with Crippen LogP contribution in [0.1, 0.15) is 44.5 Å². The quantitative estimate of drug-likeness (QED) is 0.309. The summed E-state index contributed by atoms with van der Waals surface area (Å²) in [5.41, 5.74) is 10.6. The zero-order valence-electron chi connectivity index (χ0n) is 19.6. The number of aryl methyl sites for hydroxylation is 2. The van der Waals surface area contributed by atoms with Crippen LogP contribution in [-0.4, -0.2) is 10.2 Å². The minimum atomic E-state index is 0.233. The van der Waals surface area contributed by atoms with Crippen LogP contribution in [0.3, 0.4) is 0 Å². The molecular formula is C32H24O3. The highest BCUT2D eigenvalue weighted by Gasteiger charge is 2.20. The maximum Gasteiger partial charge on any atom is 0.115 e. The molecule has 4 aromatic carbocycles. The lowest BCUT2D eigenvalue weighted by Gasteiger charge is -2.16. The van der Waals surface area contributed by atoms with E-state index < -0.39 is 0 Å². The average Bonchev–Trinajstić information content (AvgIpc) is 3.03. The third-order valence-corrected chi connectivity index (χ3v) is 6.04. The predicted octanol–water partition coefficient (Wildman–Crippen LogP) is 6.21. The molecule has 3 nitrogen and oxygen atoms in total. The lowest BCUT2D eigenvalue weighted by atomic mass is 9.87. The van der Waals surface area contributed by atoms with E-state index in [1.165, 1.54) is 11.1 Å². The molecule has 2 N–H and O–H groups in total. The Balaban J connectivity index is 1.51. The number of aromatic hydroxyl groups is 2. The smallest absolute Gasteiger partial charge is 0.115 e. The first-order valence-corrected chi connectivity index (χ1v) is 11.4. The van der Waals surface area contributed by atoms with Crippen molar-refractivity contribution >= 4 is 0 Å². The second kappa shape index (κ2) is 9.43. The van der Waals surface area contributed by atoms with Crippen LogP contribution >= 0.6 is 0 Å². The lowest BCUT2D eigenvalue weighted by molar-refractivity contribution is 0.109. The highest BCUT2D eigenvalue weighted by Crippen LogP contribution is 2.37. The molecule has 0 spiro atoms. The van der Waals surface area contributed by atoms with Crippen LogP contribution in [0.4, 0.5) is 0 Å². The fourth-order valence-electron chi connectivity index (χ4n) is 4.46. The molecule has 35 heavy (non-hydrogen) atoms. The Hall–Kier alpha value is -4.44. The Morgan fingerprint density at radius 2 is 0.914 bits per heavy atom. The number of benzene rings is 4. The summed E-state index contributed by atoms with van der Waals surface area (Å²) in [5, 5.41) is 18.9. The van der Waals surface area contributed by atoms with E-state index in [-0.39, 0.29) is 11.5 Å². The molecule has 0 aromatic heterocycles. The van der Waals surface area contributed by atoms with Crippen LogP contribution in [0.15, 0.2) is 72.8 Å². The Morgan fingerprint density at radius 1 is 0.543 bits per heavy atom. The Labute approximate surface area is 205 Å². The summed E-state index contributed by atoms with van der Waals surface area (Å²) in [6, 6.07) is 22.3. The third-order valence-electron chi connectivity index (χ3n) is 6.04. The zero-order chi connectivity index (χ0) is 24.4. The van der Waals surface area contributed by atoms with Gasteiger partial charge in [-0.2, -0.15) is 0 Å². The number of phenols is 2. The van der Waals surface area contributed by atoms with Gasteiger partial charge in [-0.15, -0.1) is 0 Å². The number of phenolic OH excluding ortho intramolecular Hbond substituents is 2. The summed E-state index contributed by atoms with van der Waals surface area (Å²) in [5.74, 6) is 13.3. The third kappa shape index (κ3) is 4.92. The Bertz CT molecular complexity index is 1420. The fourth-order valence-corrected chi connectivity index (χ4v) is 4.46. The van der Waals surface area contributed by atoms with Crippen LogP contribution in [-0.2, 0) is 18.0 Å². The molecule has 170 valence electrons. The van der Waals surface area contributed by atoms with Gasteiger partial charge in [0.2, 0.25) is 0 Å². The van der Waals surface area contributed by atoms with Gasteiger partial charge in [-0.25, -0.2) is 0 Å². The molecule has 0 amide bonds. The van der Waals surface area contributed by atoms with Crippen molar-refractivity contribution in [1.82, 2.24) is 0 Å². The van der Waals surface area contributed by atoms with Crippen molar-refractivity contribution in [2.24, 2.45) is 0 Å². The summed E-state index contributed by atoms with van der Waals surface area (Å²) in [6.45, 7) is 5.29. The standard InChI is InChI=1S/C32H24O3/c1-21-15-25(5-3-23-7-11-29(33)12-8-23)17-27-19-35-20-28-18-26(16-22(2)32(28)31(21)27)6-4-24-9-13-30(34)14-10-24/h7-18,33-34H,19-20H2,1-2H3. The highest BCUT2D eigenvalue weighted by molar-refractivity contribution is 5.79.